The van der Waals surface area contributed by atoms with Gasteiger partial charge in [0, 0.05) is 7.05 Å². The average Bonchev–Trinajstić information content (AvgIpc) is 3.07. The lowest BCUT2D eigenvalue weighted by Gasteiger charge is -2.14. The van der Waals surface area contributed by atoms with Crippen LogP contribution in [0.5, 0.6) is 0 Å². The Morgan fingerprint density at radius 2 is 2.27 bits per heavy atom. The van der Waals surface area contributed by atoms with Crippen LogP contribution in [-0.4, -0.2) is 26.8 Å². The van der Waals surface area contributed by atoms with Crippen molar-refractivity contribution in [2.24, 2.45) is 7.05 Å². The van der Waals surface area contributed by atoms with Crippen molar-refractivity contribution < 1.29 is 19.1 Å². The first-order valence-electron chi connectivity index (χ1n) is 7.10. The number of nitrogens with zero attached hydrogens (tertiary/aromatic N) is 2. The number of carbonyl (C=O) groups is 2. The van der Waals surface area contributed by atoms with E-state index in [0.717, 1.165) is 18.5 Å². The first kappa shape index (κ1) is 15.8. The zero-order chi connectivity index (χ0) is 16.1. The van der Waals surface area contributed by atoms with Crippen LogP contribution in [0.4, 0.5) is 0 Å². The quantitative estimate of drug-likeness (QED) is 0.814. The van der Waals surface area contributed by atoms with Gasteiger partial charge in [0.15, 0.2) is 0 Å². The molecule has 0 aromatic carbocycles. The summed E-state index contributed by atoms with van der Waals surface area (Å²) in [7, 11) is 1.69. The number of carboxylic acid groups (broad SMARTS) is 1. The predicted octanol–water partition coefficient (Wildman–Crippen LogP) is 1.91. The van der Waals surface area contributed by atoms with Gasteiger partial charge in [-0.25, -0.2) is 0 Å². The molecule has 7 nitrogen and oxygen atoms in total. The van der Waals surface area contributed by atoms with Crippen LogP contribution in [0.2, 0.25) is 0 Å². The first-order valence-corrected chi connectivity index (χ1v) is 7.10. The number of hydrogen-bond donors (Lipinski definition) is 2. The van der Waals surface area contributed by atoms with Crippen molar-refractivity contribution in [1.82, 2.24) is 15.1 Å². The molecule has 22 heavy (non-hydrogen) atoms. The number of carbonyl (C=O) groups excluding carboxylic acids is 1. The van der Waals surface area contributed by atoms with Gasteiger partial charge in [0.05, 0.1) is 24.4 Å². The summed E-state index contributed by atoms with van der Waals surface area (Å²) in [6.45, 7) is 2.04. The summed E-state index contributed by atoms with van der Waals surface area (Å²) in [5.74, 6) is -0.981. The van der Waals surface area contributed by atoms with Crippen LogP contribution >= 0.6 is 0 Å². The zero-order valence-electron chi connectivity index (χ0n) is 12.6. The van der Waals surface area contributed by atoms with Crippen LogP contribution in [0.25, 0.3) is 0 Å². The molecule has 0 spiro atoms. The van der Waals surface area contributed by atoms with E-state index in [4.69, 9.17) is 9.52 Å². The SMILES string of the molecule is CCCc1cc(C(=O)NC(CC(=O)O)c2ccco2)n(C)n1. The fourth-order valence-electron chi connectivity index (χ4n) is 2.24. The Morgan fingerprint density at radius 1 is 1.50 bits per heavy atom. The lowest BCUT2D eigenvalue weighted by atomic mass is 10.1. The van der Waals surface area contributed by atoms with E-state index in [-0.39, 0.29) is 12.3 Å². The minimum absolute atomic E-state index is 0.251. The van der Waals surface area contributed by atoms with Crippen LogP contribution in [0.1, 0.15) is 47.7 Å². The maximum Gasteiger partial charge on any atom is 0.305 e. The number of rotatable bonds is 7. The van der Waals surface area contributed by atoms with Crippen molar-refractivity contribution in [3.05, 3.63) is 41.6 Å². The Morgan fingerprint density at radius 3 is 2.86 bits per heavy atom. The molecule has 118 valence electrons. The summed E-state index contributed by atoms with van der Waals surface area (Å²) in [6, 6.07) is 4.29. The Balaban J connectivity index is 2.15. The summed E-state index contributed by atoms with van der Waals surface area (Å²) in [4.78, 5) is 23.3. The fraction of sp³-hybridized carbons (Fsp3) is 0.400. The van der Waals surface area contributed by atoms with Crippen LogP contribution in [0, 0.1) is 0 Å². The van der Waals surface area contributed by atoms with E-state index in [1.807, 2.05) is 6.92 Å². The van der Waals surface area contributed by atoms with Crippen molar-refractivity contribution in [2.75, 3.05) is 0 Å². The molecule has 0 bridgehead atoms. The molecule has 7 heteroatoms. The van der Waals surface area contributed by atoms with Crippen molar-refractivity contribution >= 4 is 11.9 Å². The molecule has 2 N–H and O–H groups in total. The Hall–Kier alpha value is -2.57. The third-order valence-electron chi connectivity index (χ3n) is 3.24. The Kier molecular flexibility index (Phi) is 4.98. The van der Waals surface area contributed by atoms with Crippen LogP contribution in [0.15, 0.2) is 28.9 Å². The normalized spacial score (nSPS) is 12.1. The second-order valence-electron chi connectivity index (χ2n) is 5.03. The standard InChI is InChI=1S/C15H19N3O4/c1-3-5-10-8-12(18(2)17-10)15(21)16-11(9-14(19)20)13-6-4-7-22-13/h4,6-8,11H,3,5,9H2,1-2H3,(H,16,21)(H,19,20). The number of amides is 1. The summed E-state index contributed by atoms with van der Waals surface area (Å²) in [5.41, 5.74) is 1.23. The Bertz CT molecular complexity index is 646. The third kappa shape index (κ3) is 3.75. The lowest BCUT2D eigenvalue weighted by molar-refractivity contribution is -0.137. The summed E-state index contributed by atoms with van der Waals surface area (Å²) in [5, 5.41) is 15.9. The van der Waals surface area contributed by atoms with Crippen LogP contribution in [-0.2, 0) is 18.3 Å². The highest BCUT2D eigenvalue weighted by molar-refractivity contribution is 5.93. The molecule has 2 aromatic rings. The molecule has 1 amide bonds. The maximum absolute atomic E-state index is 12.4. The number of aliphatic carboxylic acids is 1. The molecule has 2 rings (SSSR count). The smallest absolute Gasteiger partial charge is 0.305 e. The van der Waals surface area contributed by atoms with E-state index in [9.17, 15) is 9.59 Å². The van der Waals surface area contributed by atoms with Crippen molar-refractivity contribution in [1.29, 1.82) is 0 Å². The molecule has 0 aliphatic heterocycles. The van der Waals surface area contributed by atoms with Crippen molar-refractivity contribution in [3.8, 4) is 0 Å². The summed E-state index contributed by atoms with van der Waals surface area (Å²) < 4.78 is 6.71. The molecule has 0 radical (unpaired) electrons. The van der Waals surface area contributed by atoms with Gasteiger partial charge >= 0.3 is 5.97 Å². The topological polar surface area (TPSA) is 97.4 Å². The molecule has 0 saturated heterocycles. The van der Waals surface area contributed by atoms with Gasteiger partial charge in [-0.2, -0.15) is 5.10 Å². The molecule has 0 fully saturated rings. The number of aromatic nitrogens is 2. The van der Waals surface area contributed by atoms with E-state index >= 15 is 0 Å². The summed E-state index contributed by atoms with van der Waals surface area (Å²) >= 11 is 0. The predicted molar refractivity (Wildman–Crippen MR) is 78.4 cm³/mol. The number of aryl methyl sites for hydroxylation is 2. The van der Waals surface area contributed by atoms with E-state index in [1.54, 1.807) is 25.2 Å². The number of hydrogen-bond acceptors (Lipinski definition) is 4. The van der Waals surface area contributed by atoms with Crippen LogP contribution in [0.3, 0.4) is 0 Å². The number of nitrogens with one attached hydrogen (secondary N) is 1. The second kappa shape index (κ2) is 6.93. The molecule has 0 aliphatic rings. The number of carboxylic acids is 1. The minimum atomic E-state index is -1.02. The molecular weight excluding hydrogens is 286 g/mol. The molecule has 2 heterocycles. The van der Waals surface area contributed by atoms with Gasteiger partial charge in [-0.3, -0.25) is 14.3 Å². The van der Waals surface area contributed by atoms with Gasteiger partial charge < -0.3 is 14.8 Å². The highest BCUT2D eigenvalue weighted by Crippen LogP contribution is 2.18. The van der Waals surface area contributed by atoms with E-state index in [2.05, 4.69) is 10.4 Å². The molecule has 1 unspecified atom stereocenters. The third-order valence-corrected chi connectivity index (χ3v) is 3.24. The lowest BCUT2D eigenvalue weighted by Crippen LogP contribution is -2.31. The number of furan rings is 1. The van der Waals surface area contributed by atoms with E-state index < -0.39 is 12.0 Å². The van der Waals surface area contributed by atoms with Gasteiger partial charge in [0.1, 0.15) is 11.5 Å². The first-order chi connectivity index (χ1) is 10.5. The molecule has 2 aromatic heterocycles. The largest absolute Gasteiger partial charge is 0.481 e. The fourth-order valence-corrected chi connectivity index (χ4v) is 2.24. The highest BCUT2D eigenvalue weighted by Gasteiger charge is 2.23. The maximum atomic E-state index is 12.4. The monoisotopic (exact) mass is 305 g/mol. The second-order valence-corrected chi connectivity index (χ2v) is 5.03. The van der Waals surface area contributed by atoms with Crippen LogP contribution < -0.4 is 5.32 Å². The van der Waals surface area contributed by atoms with Gasteiger partial charge in [0.2, 0.25) is 0 Å². The molecular formula is C15H19N3O4. The van der Waals surface area contributed by atoms with Gasteiger partial charge in [-0.05, 0) is 24.6 Å². The Labute approximate surface area is 127 Å². The molecule has 0 saturated carbocycles. The molecule has 1 atom stereocenters. The van der Waals surface area contributed by atoms with Crippen molar-refractivity contribution in [3.63, 3.8) is 0 Å². The van der Waals surface area contributed by atoms with Crippen molar-refractivity contribution in [2.45, 2.75) is 32.2 Å². The van der Waals surface area contributed by atoms with Gasteiger partial charge in [-0.1, -0.05) is 13.3 Å². The minimum Gasteiger partial charge on any atom is -0.481 e. The van der Waals surface area contributed by atoms with E-state index in [0.29, 0.717) is 11.5 Å². The molecule has 0 aliphatic carbocycles. The average molecular weight is 305 g/mol. The van der Waals surface area contributed by atoms with Gasteiger partial charge in [-0.15, -0.1) is 0 Å². The highest BCUT2D eigenvalue weighted by atomic mass is 16.4. The zero-order valence-corrected chi connectivity index (χ0v) is 12.6. The van der Waals surface area contributed by atoms with E-state index in [1.165, 1.54) is 10.9 Å². The summed E-state index contributed by atoms with van der Waals surface area (Å²) in [6.07, 6.45) is 2.92. The van der Waals surface area contributed by atoms with Gasteiger partial charge in [0.25, 0.3) is 5.91 Å².